The quantitative estimate of drug-likeness (QED) is 0.559. The maximum Gasteiger partial charge on any atom is 0.261 e. The van der Waals surface area contributed by atoms with Gasteiger partial charge in [-0.1, -0.05) is 6.07 Å². The van der Waals surface area contributed by atoms with Crippen LogP contribution in [0.25, 0.3) is 0 Å². The molecule has 1 aliphatic carbocycles. The Morgan fingerprint density at radius 3 is 2.35 bits per heavy atom. The highest BCUT2D eigenvalue weighted by molar-refractivity contribution is 7.92. The summed E-state index contributed by atoms with van der Waals surface area (Å²) in [5.41, 5.74) is 2.87. The van der Waals surface area contributed by atoms with E-state index in [4.69, 9.17) is 4.42 Å². The minimum atomic E-state index is -3.71. The fraction of sp³-hybridized carbons (Fsp3) is 0.292. The van der Waals surface area contributed by atoms with E-state index >= 15 is 0 Å². The second kappa shape index (κ2) is 8.23. The van der Waals surface area contributed by atoms with Crippen LogP contribution in [0.3, 0.4) is 0 Å². The number of amides is 1. The highest BCUT2D eigenvalue weighted by Gasteiger charge is 2.37. The van der Waals surface area contributed by atoms with Crippen molar-refractivity contribution in [3.05, 3.63) is 83.3 Å². The maximum absolute atomic E-state index is 13.2. The molecule has 1 aliphatic rings. The van der Waals surface area contributed by atoms with Gasteiger partial charge in [0.25, 0.3) is 15.9 Å². The van der Waals surface area contributed by atoms with E-state index in [1.54, 1.807) is 48.7 Å². The summed E-state index contributed by atoms with van der Waals surface area (Å²) in [5.74, 6) is 0.660. The number of sulfonamides is 1. The molecule has 1 fully saturated rings. The Morgan fingerprint density at radius 2 is 1.77 bits per heavy atom. The van der Waals surface area contributed by atoms with Crippen LogP contribution in [0.2, 0.25) is 0 Å². The number of rotatable bonds is 7. The Morgan fingerprint density at radius 1 is 1.06 bits per heavy atom. The molecule has 0 spiro atoms. The average molecular weight is 439 g/mol. The fourth-order valence-electron chi connectivity index (χ4n) is 3.60. The maximum atomic E-state index is 13.2. The minimum Gasteiger partial charge on any atom is -0.467 e. The van der Waals surface area contributed by atoms with Gasteiger partial charge in [0, 0.05) is 17.3 Å². The molecule has 31 heavy (non-hydrogen) atoms. The van der Waals surface area contributed by atoms with Gasteiger partial charge in [0.2, 0.25) is 0 Å². The van der Waals surface area contributed by atoms with Gasteiger partial charge in [-0.25, -0.2) is 8.42 Å². The van der Waals surface area contributed by atoms with Crippen LogP contribution in [0.5, 0.6) is 0 Å². The van der Waals surface area contributed by atoms with Crippen LogP contribution in [-0.2, 0) is 10.0 Å². The third kappa shape index (κ3) is 4.51. The molecule has 0 aliphatic heterocycles. The van der Waals surface area contributed by atoms with Gasteiger partial charge in [-0.15, -0.1) is 0 Å². The van der Waals surface area contributed by atoms with Crippen molar-refractivity contribution in [3.63, 3.8) is 0 Å². The molecule has 2 aromatic carbocycles. The molecule has 162 valence electrons. The van der Waals surface area contributed by atoms with Gasteiger partial charge in [0.15, 0.2) is 0 Å². The Bertz CT molecular complexity index is 1180. The van der Waals surface area contributed by atoms with Gasteiger partial charge in [-0.2, -0.15) is 0 Å². The normalized spacial score (nSPS) is 14.8. The van der Waals surface area contributed by atoms with Crippen LogP contribution in [-0.4, -0.2) is 25.3 Å². The lowest BCUT2D eigenvalue weighted by molar-refractivity contribution is 0.0652. The molecule has 0 radical (unpaired) electrons. The van der Waals surface area contributed by atoms with E-state index in [2.05, 4.69) is 4.72 Å². The molecule has 1 atom stereocenters. The molecule has 1 heterocycles. The number of carbonyl (C=O) groups excluding carboxylic acids is 1. The zero-order chi connectivity index (χ0) is 22.2. The summed E-state index contributed by atoms with van der Waals surface area (Å²) in [6.07, 6.45) is 3.56. The fourth-order valence-corrected chi connectivity index (χ4v) is 4.75. The number of nitrogens with one attached hydrogen (secondary N) is 1. The standard InChI is InChI=1S/C24H26N2O4S/c1-16-6-13-22(15-17(16)2)31(28,29)25-20-9-7-19(8-10-20)24(27)26(21-11-12-21)18(3)23-5-4-14-30-23/h4-10,13-15,18,21,25H,11-12H2,1-3H3. The molecule has 4 rings (SSSR count). The summed E-state index contributed by atoms with van der Waals surface area (Å²) >= 11 is 0. The number of anilines is 1. The van der Waals surface area contributed by atoms with Gasteiger partial charge < -0.3 is 9.32 Å². The van der Waals surface area contributed by atoms with E-state index in [-0.39, 0.29) is 22.9 Å². The zero-order valence-corrected chi connectivity index (χ0v) is 18.6. The van der Waals surface area contributed by atoms with Gasteiger partial charge in [-0.3, -0.25) is 9.52 Å². The molecule has 1 aromatic heterocycles. The van der Waals surface area contributed by atoms with E-state index in [1.165, 1.54) is 0 Å². The first kappa shape index (κ1) is 21.2. The molecule has 7 heteroatoms. The molecule has 1 N–H and O–H groups in total. The number of hydrogen-bond donors (Lipinski definition) is 1. The van der Waals surface area contributed by atoms with Crippen LogP contribution in [0.1, 0.15) is 53.1 Å². The first-order chi connectivity index (χ1) is 14.8. The first-order valence-corrected chi connectivity index (χ1v) is 11.8. The summed E-state index contributed by atoms with van der Waals surface area (Å²) in [6.45, 7) is 5.78. The number of furan rings is 1. The summed E-state index contributed by atoms with van der Waals surface area (Å²) < 4.78 is 33.5. The lowest BCUT2D eigenvalue weighted by Crippen LogP contribution is -2.35. The largest absolute Gasteiger partial charge is 0.467 e. The van der Waals surface area contributed by atoms with Crippen LogP contribution in [0.15, 0.2) is 70.2 Å². The van der Waals surface area contributed by atoms with E-state index < -0.39 is 10.0 Å². The van der Waals surface area contributed by atoms with Crippen molar-refractivity contribution in [1.29, 1.82) is 0 Å². The van der Waals surface area contributed by atoms with Crippen molar-refractivity contribution >= 4 is 21.6 Å². The Hall–Kier alpha value is -3.06. The van der Waals surface area contributed by atoms with E-state index in [0.29, 0.717) is 11.3 Å². The highest BCUT2D eigenvalue weighted by atomic mass is 32.2. The third-order valence-corrected chi connectivity index (χ3v) is 7.10. The molecule has 6 nitrogen and oxygen atoms in total. The molecule has 0 bridgehead atoms. The Kier molecular flexibility index (Phi) is 5.62. The second-order valence-electron chi connectivity index (χ2n) is 8.06. The molecule has 3 aromatic rings. The minimum absolute atomic E-state index is 0.0880. The molecular weight excluding hydrogens is 412 g/mol. The van der Waals surface area contributed by atoms with Crippen molar-refractivity contribution in [2.75, 3.05) is 4.72 Å². The Balaban J connectivity index is 1.52. The Labute approximate surface area is 182 Å². The lowest BCUT2D eigenvalue weighted by Gasteiger charge is -2.28. The van der Waals surface area contributed by atoms with Gasteiger partial charge in [-0.05, 0) is 93.3 Å². The SMILES string of the molecule is Cc1ccc(S(=O)(=O)Nc2ccc(C(=O)N(C3CC3)C(C)c3ccco3)cc2)cc1C. The number of benzene rings is 2. The molecule has 1 saturated carbocycles. The average Bonchev–Trinajstić information content (AvgIpc) is 3.41. The molecular formula is C24H26N2O4S. The predicted octanol–water partition coefficient (Wildman–Crippen LogP) is 5.06. The van der Waals surface area contributed by atoms with Gasteiger partial charge in [0.1, 0.15) is 5.76 Å². The predicted molar refractivity (Wildman–Crippen MR) is 119 cm³/mol. The number of nitrogens with zero attached hydrogens (tertiary/aromatic N) is 1. The number of hydrogen-bond acceptors (Lipinski definition) is 4. The molecule has 1 unspecified atom stereocenters. The van der Waals surface area contributed by atoms with E-state index in [0.717, 1.165) is 29.7 Å². The van der Waals surface area contributed by atoms with Crippen molar-refractivity contribution in [3.8, 4) is 0 Å². The van der Waals surface area contributed by atoms with Gasteiger partial charge in [0.05, 0.1) is 17.2 Å². The van der Waals surface area contributed by atoms with E-state index in [9.17, 15) is 13.2 Å². The van der Waals surface area contributed by atoms with Crippen LogP contribution >= 0.6 is 0 Å². The smallest absolute Gasteiger partial charge is 0.261 e. The highest BCUT2D eigenvalue weighted by Crippen LogP contribution is 2.36. The molecule has 0 saturated heterocycles. The topological polar surface area (TPSA) is 79.6 Å². The van der Waals surface area contributed by atoms with Crippen LogP contribution in [0.4, 0.5) is 5.69 Å². The monoisotopic (exact) mass is 438 g/mol. The lowest BCUT2D eigenvalue weighted by atomic mass is 10.1. The van der Waals surface area contributed by atoms with Crippen molar-refractivity contribution in [2.24, 2.45) is 0 Å². The van der Waals surface area contributed by atoms with E-state index in [1.807, 2.05) is 37.8 Å². The summed E-state index contributed by atoms with van der Waals surface area (Å²) in [4.78, 5) is 15.3. The van der Waals surface area contributed by atoms with Crippen molar-refractivity contribution in [2.45, 2.75) is 50.6 Å². The first-order valence-electron chi connectivity index (χ1n) is 10.3. The number of carbonyl (C=O) groups is 1. The summed E-state index contributed by atoms with van der Waals surface area (Å²) in [5, 5.41) is 0. The van der Waals surface area contributed by atoms with Crippen molar-refractivity contribution in [1.82, 2.24) is 4.90 Å². The zero-order valence-electron chi connectivity index (χ0n) is 17.8. The second-order valence-corrected chi connectivity index (χ2v) is 9.75. The van der Waals surface area contributed by atoms with Gasteiger partial charge >= 0.3 is 0 Å². The summed E-state index contributed by atoms with van der Waals surface area (Å²) in [6, 6.07) is 15.3. The summed E-state index contributed by atoms with van der Waals surface area (Å²) in [7, 11) is -3.71. The van der Waals surface area contributed by atoms with Crippen LogP contribution in [0, 0.1) is 13.8 Å². The third-order valence-electron chi connectivity index (χ3n) is 5.72. The van der Waals surface area contributed by atoms with Crippen LogP contribution < -0.4 is 4.72 Å². The number of aryl methyl sites for hydroxylation is 2. The van der Waals surface area contributed by atoms with Crippen molar-refractivity contribution < 1.29 is 17.6 Å². The molecule has 1 amide bonds.